The Kier molecular flexibility index (Phi) is 23.6. The van der Waals surface area contributed by atoms with Crippen molar-refractivity contribution < 1.29 is 52.5 Å². The van der Waals surface area contributed by atoms with E-state index in [1.54, 1.807) is 31.4 Å². The molecule has 0 aromatic heterocycles. The first-order valence-corrected chi connectivity index (χ1v) is 25.2. The van der Waals surface area contributed by atoms with Crippen molar-refractivity contribution in [3.8, 4) is 5.75 Å². The van der Waals surface area contributed by atoms with Gasteiger partial charge in [0.05, 0.1) is 45.8 Å². The Balaban J connectivity index is 1.49. The van der Waals surface area contributed by atoms with Gasteiger partial charge < -0.3 is 40.2 Å². The Bertz CT molecular complexity index is 2120. The van der Waals surface area contributed by atoms with E-state index in [1.807, 2.05) is 116 Å². The maximum atomic E-state index is 14.5. The van der Waals surface area contributed by atoms with E-state index in [9.17, 15) is 33.6 Å². The molecule has 69 heavy (non-hydrogen) atoms. The third kappa shape index (κ3) is 19.9. The van der Waals surface area contributed by atoms with Gasteiger partial charge >= 0.3 is 11.9 Å². The number of nitrogens with zero attached hydrogens (tertiary/aromatic N) is 1. The van der Waals surface area contributed by atoms with E-state index >= 15 is 0 Å². The van der Waals surface area contributed by atoms with Crippen LogP contribution in [0.15, 0.2) is 84.9 Å². The Morgan fingerprint density at radius 1 is 0.667 bits per heavy atom. The number of halogens is 1. The number of carbonyl (C=O) groups is 7. The number of benzene rings is 3. The molecule has 1 saturated heterocycles. The van der Waals surface area contributed by atoms with Gasteiger partial charge in [0, 0.05) is 23.9 Å². The molecule has 4 amide bonds. The Labute approximate surface area is 420 Å². The zero-order valence-corrected chi connectivity index (χ0v) is 42.9. The van der Waals surface area contributed by atoms with Gasteiger partial charge in [0.15, 0.2) is 11.4 Å². The number of morpholine rings is 1. The first kappa shape index (κ1) is 56.2. The second-order valence-electron chi connectivity index (χ2n) is 18.4. The number of alkyl halides is 1. The molecule has 16 nitrogen and oxygen atoms in total. The van der Waals surface area contributed by atoms with Crippen molar-refractivity contribution in [2.24, 2.45) is 11.8 Å². The van der Waals surface area contributed by atoms with Crippen molar-refractivity contribution in [2.75, 3.05) is 44.4 Å². The average Bonchev–Trinajstić information content (AvgIpc) is 3.33. The number of methoxy groups -OCH3 is 1. The molecule has 0 bridgehead atoms. The lowest BCUT2D eigenvalue weighted by Crippen LogP contribution is -2.60. The number of esters is 2. The Morgan fingerprint density at radius 3 is 1.80 bits per heavy atom. The minimum absolute atomic E-state index is 0.00249. The molecule has 0 saturated carbocycles. The van der Waals surface area contributed by atoms with Gasteiger partial charge in [0.25, 0.3) is 0 Å². The summed E-state index contributed by atoms with van der Waals surface area (Å²) in [4.78, 5) is 98.5. The third-order valence-electron chi connectivity index (χ3n) is 11.5. The third-order valence-corrected chi connectivity index (χ3v) is 12.9. The van der Waals surface area contributed by atoms with Gasteiger partial charge in [0.1, 0.15) is 30.5 Å². The first-order valence-electron chi connectivity index (χ1n) is 23.7. The average molecular weight is 1070 g/mol. The molecule has 1 heterocycles. The highest BCUT2D eigenvalue weighted by Crippen LogP contribution is 2.23. The Hall–Kier alpha value is -5.40. The number of hydrogen-bond donors (Lipinski definition) is 4. The van der Waals surface area contributed by atoms with Gasteiger partial charge in [-0.05, 0) is 73.3 Å². The summed E-state index contributed by atoms with van der Waals surface area (Å²) >= 11 is 1.95. The maximum absolute atomic E-state index is 14.5. The van der Waals surface area contributed by atoms with E-state index in [-0.39, 0.29) is 73.8 Å². The van der Waals surface area contributed by atoms with Crippen LogP contribution in [0.3, 0.4) is 0 Å². The molecular weight excluding hydrogens is 997 g/mol. The minimum atomic E-state index is -1.68. The second kappa shape index (κ2) is 28.9. The van der Waals surface area contributed by atoms with E-state index in [0.29, 0.717) is 38.5 Å². The van der Waals surface area contributed by atoms with Gasteiger partial charge in [-0.2, -0.15) is 0 Å². The summed E-state index contributed by atoms with van der Waals surface area (Å²) in [6.45, 7) is 11.4. The van der Waals surface area contributed by atoms with Crippen molar-refractivity contribution in [3.63, 3.8) is 0 Å². The van der Waals surface area contributed by atoms with Gasteiger partial charge in [-0.15, -0.1) is 0 Å². The molecule has 4 N–H and O–H groups in total. The molecular formula is C52H70IN5O11. The summed E-state index contributed by atoms with van der Waals surface area (Å²) in [7, 11) is 1.55. The molecule has 1 unspecified atom stereocenters. The number of amides is 4. The van der Waals surface area contributed by atoms with Crippen molar-refractivity contribution in [3.05, 3.63) is 102 Å². The van der Waals surface area contributed by atoms with Crippen LogP contribution in [0.1, 0.15) is 83.4 Å². The number of nitrogens with one attached hydrogen (secondary N) is 4. The molecule has 1 aliphatic rings. The largest absolute Gasteiger partial charge is 0.497 e. The molecule has 3 aromatic carbocycles. The van der Waals surface area contributed by atoms with E-state index in [4.69, 9.17) is 18.9 Å². The lowest BCUT2D eigenvalue weighted by atomic mass is 9.90. The topological polar surface area (TPSA) is 208 Å². The molecule has 4 rings (SSSR count). The molecule has 1 aliphatic heterocycles. The molecule has 0 radical (unpaired) electrons. The second-order valence-corrected chi connectivity index (χ2v) is 19.1. The van der Waals surface area contributed by atoms with Crippen LogP contribution in [0.5, 0.6) is 5.75 Å². The molecule has 376 valence electrons. The summed E-state index contributed by atoms with van der Waals surface area (Å²) in [5.74, 6) is -3.59. The summed E-state index contributed by atoms with van der Waals surface area (Å²) in [5, 5.41) is 11.6. The van der Waals surface area contributed by atoms with Gasteiger partial charge in [-0.25, -0.2) is 0 Å². The van der Waals surface area contributed by atoms with Crippen LogP contribution in [0.25, 0.3) is 0 Å². The van der Waals surface area contributed by atoms with Crippen molar-refractivity contribution in [2.45, 2.75) is 116 Å². The highest BCUT2D eigenvalue weighted by molar-refractivity contribution is 14.1. The smallest absolute Gasteiger partial charge is 0.307 e. The molecule has 0 aliphatic carbocycles. The van der Waals surface area contributed by atoms with Crippen LogP contribution in [0, 0.1) is 11.8 Å². The van der Waals surface area contributed by atoms with E-state index in [2.05, 4.69) is 21.3 Å². The predicted molar refractivity (Wildman–Crippen MR) is 269 cm³/mol. The first-order chi connectivity index (χ1) is 33.0. The zero-order valence-electron chi connectivity index (χ0n) is 40.8. The standard InChI is InChI=1S/C52H70IN5O11/c1-35(2)29-42(48(62)52(5,34-53)69-47(61)24-23-46(60)68-33-39-17-20-40(66-6)21-18-39)55-51(65)44(31-38-15-11-8-12-16-38)57-50(64)43(30-36(3)4)56-49(63)41(22-19-37-13-9-7-10-14-37)54-45(59)32-58-25-27-67-28-26-58/h7-18,20-21,35-36,41-44H,19,22-34H2,1-6H3,(H,54,59)(H,55,65)(H,56,63)(H,57,64)/t41-,42-,43-,44-,52?/m0/s1. The summed E-state index contributed by atoms with van der Waals surface area (Å²) in [5.41, 5.74) is 0.763. The van der Waals surface area contributed by atoms with Crippen molar-refractivity contribution in [1.29, 1.82) is 0 Å². The number of aryl methyl sites for hydroxylation is 1. The van der Waals surface area contributed by atoms with Crippen LogP contribution >= 0.6 is 22.6 Å². The lowest BCUT2D eigenvalue weighted by molar-refractivity contribution is -0.165. The van der Waals surface area contributed by atoms with Gasteiger partial charge in [-0.1, -0.05) is 123 Å². The predicted octanol–water partition coefficient (Wildman–Crippen LogP) is 5.06. The van der Waals surface area contributed by atoms with Crippen LogP contribution in [-0.4, -0.2) is 120 Å². The fourth-order valence-electron chi connectivity index (χ4n) is 7.68. The quantitative estimate of drug-likeness (QED) is 0.0428. The van der Waals surface area contributed by atoms with Crippen LogP contribution in [0.2, 0.25) is 0 Å². The lowest BCUT2D eigenvalue weighted by Gasteiger charge is -2.32. The fourth-order valence-corrected chi connectivity index (χ4v) is 8.22. The number of carbonyl (C=O) groups excluding carboxylic acids is 7. The number of hydrogen-bond acceptors (Lipinski definition) is 12. The molecule has 17 heteroatoms. The maximum Gasteiger partial charge on any atom is 0.307 e. The Morgan fingerprint density at radius 2 is 1.20 bits per heavy atom. The van der Waals surface area contributed by atoms with E-state index < -0.39 is 65.2 Å². The van der Waals surface area contributed by atoms with E-state index in [0.717, 1.165) is 16.7 Å². The molecule has 1 fully saturated rings. The summed E-state index contributed by atoms with van der Waals surface area (Å²) < 4.78 is 21.7. The van der Waals surface area contributed by atoms with Crippen LogP contribution < -0.4 is 26.0 Å². The fraction of sp³-hybridized carbons (Fsp3) is 0.519. The number of rotatable bonds is 28. The SMILES string of the molecule is COc1ccc(COC(=O)CCC(=O)OC(C)(CI)C(=O)[C@H](CC(C)C)NC(=O)[C@H](Cc2ccccc2)NC(=O)[C@H](CC(C)C)NC(=O)[C@H](CCc2ccccc2)NC(=O)CN2CCOCC2)cc1. The number of Topliss-reactive ketones (excluding diaryl/α,β-unsaturated/α-hetero) is 1. The number of ketones is 1. The zero-order chi connectivity index (χ0) is 50.3. The summed E-state index contributed by atoms with van der Waals surface area (Å²) in [6.07, 6.45) is 0.607. The monoisotopic (exact) mass is 1070 g/mol. The highest BCUT2D eigenvalue weighted by Gasteiger charge is 2.42. The van der Waals surface area contributed by atoms with Gasteiger partial charge in [-0.3, -0.25) is 38.5 Å². The van der Waals surface area contributed by atoms with Crippen molar-refractivity contribution in [1.82, 2.24) is 26.2 Å². The molecule has 0 spiro atoms. The van der Waals surface area contributed by atoms with Crippen LogP contribution in [0.4, 0.5) is 0 Å². The normalized spacial score (nSPS) is 15.4. The van der Waals surface area contributed by atoms with Gasteiger partial charge in [0.2, 0.25) is 23.6 Å². The summed E-state index contributed by atoms with van der Waals surface area (Å²) in [6, 6.07) is 21.3. The number of ether oxygens (including phenoxy) is 4. The van der Waals surface area contributed by atoms with Crippen molar-refractivity contribution >= 4 is 63.9 Å². The highest BCUT2D eigenvalue weighted by atomic mass is 127. The molecule has 3 aromatic rings. The van der Waals surface area contributed by atoms with E-state index in [1.165, 1.54) is 6.92 Å². The minimum Gasteiger partial charge on any atom is -0.497 e. The van der Waals surface area contributed by atoms with Crippen LogP contribution in [-0.2, 0) is 67.2 Å². The molecule has 5 atom stereocenters.